The Hall–Kier alpha value is -3.78. The highest BCUT2D eigenvalue weighted by Crippen LogP contribution is 2.21. The van der Waals surface area contributed by atoms with Gasteiger partial charge in [0, 0.05) is 0 Å². The largest absolute Gasteiger partial charge is 0.508 e. The minimum Gasteiger partial charge on any atom is -0.508 e. The van der Waals surface area contributed by atoms with E-state index in [1.165, 1.54) is 16.3 Å². The van der Waals surface area contributed by atoms with E-state index in [0.29, 0.717) is 12.4 Å². The molecule has 0 aromatic heterocycles. The summed E-state index contributed by atoms with van der Waals surface area (Å²) in [4.78, 5) is 0. The Bertz CT molecular complexity index is 1210. The van der Waals surface area contributed by atoms with Gasteiger partial charge in [-0.25, -0.2) is 0 Å². The highest BCUT2D eigenvalue weighted by Gasteiger charge is 1.98. The maximum Gasteiger partial charge on any atom is 0.120 e. The number of ether oxygens (including phenoxy) is 1. The summed E-state index contributed by atoms with van der Waals surface area (Å²) >= 11 is 0. The number of benzene rings is 5. The highest BCUT2D eigenvalue weighted by molar-refractivity contribution is 5.84. The molecule has 5 aromatic carbocycles. The fraction of sp³-hybridized carbons (Fsp3) is 0.0370. The lowest BCUT2D eigenvalue weighted by molar-refractivity contribution is 0.306. The van der Waals surface area contributed by atoms with Gasteiger partial charge in [-0.15, -0.1) is 0 Å². The lowest BCUT2D eigenvalue weighted by Gasteiger charge is -2.07. The zero-order valence-electron chi connectivity index (χ0n) is 16.0. The predicted molar refractivity (Wildman–Crippen MR) is 120 cm³/mol. The second kappa shape index (κ2) is 8.94. The molecule has 0 fully saturated rings. The highest BCUT2D eigenvalue weighted by atomic mass is 16.5. The average molecular weight is 378 g/mol. The van der Waals surface area contributed by atoms with Crippen LogP contribution in [0.5, 0.6) is 11.5 Å². The number of hydrogen-bond acceptors (Lipinski definition) is 2. The molecule has 5 aromatic rings. The number of phenolic OH excluding ortho intramolecular Hbond substituents is 1. The van der Waals surface area contributed by atoms with Crippen LogP contribution in [-0.4, -0.2) is 5.11 Å². The lowest BCUT2D eigenvalue weighted by atomic mass is 10.1. The summed E-state index contributed by atoms with van der Waals surface area (Å²) in [6, 6.07) is 38.0. The number of aromatic hydroxyl groups is 1. The van der Waals surface area contributed by atoms with Crippen molar-refractivity contribution in [3.8, 4) is 11.5 Å². The second-order valence-electron chi connectivity index (χ2n) is 6.81. The maximum atomic E-state index is 9.13. The van der Waals surface area contributed by atoms with Crippen molar-refractivity contribution in [3.05, 3.63) is 121 Å². The molecule has 2 nitrogen and oxygen atoms in total. The first-order valence-electron chi connectivity index (χ1n) is 9.61. The molecule has 29 heavy (non-hydrogen) atoms. The van der Waals surface area contributed by atoms with Crippen LogP contribution in [0.15, 0.2) is 115 Å². The molecule has 0 amide bonds. The van der Waals surface area contributed by atoms with Gasteiger partial charge in [0.15, 0.2) is 0 Å². The molecule has 0 aliphatic carbocycles. The molecule has 0 atom stereocenters. The van der Waals surface area contributed by atoms with Crippen LogP contribution in [0.3, 0.4) is 0 Å². The third kappa shape index (κ3) is 4.94. The molecule has 0 radical (unpaired) electrons. The average Bonchev–Trinajstić information content (AvgIpc) is 2.78. The molecule has 2 heteroatoms. The Labute approximate surface area is 170 Å². The molecule has 0 aliphatic rings. The van der Waals surface area contributed by atoms with Crippen LogP contribution >= 0.6 is 0 Å². The molecule has 1 N–H and O–H groups in total. The topological polar surface area (TPSA) is 29.5 Å². The standard InChI is InChI=1S/C17H14O.C10H8O/c1-2-6-14(7-3-1)13-18-17-11-10-15-8-4-5-9-16(15)12-17;11-10-6-5-8-3-1-2-4-9(8)7-10/h1-12H,13H2;1-7,11H. The van der Waals surface area contributed by atoms with Crippen LogP contribution in [0.25, 0.3) is 21.5 Å². The lowest BCUT2D eigenvalue weighted by Crippen LogP contribution is -1.94. The minimum atomic E-state index is 0.323. The summed E-state index contributed by atoms with van der Waals surface area (Å²) in [5.74, 6) is 1.24. The van der Waals surface area contributed by atoms with Crippen LogP contribution < -0.4 is 4.74 Å². The zero-order valence-corrected chi connectivity index (χ0v) is 16.0. The molecule has 0 saturated carbocycles. The Balaban J connectivity index is 0.000000159. The van der Waals surface area contributed by atoms with Crippen LogP contribution in [0.1, 0.15) is 5.56 Å². The van der Waals surface area contributed by atoms with E-state index in [-0.39, 0.29) is 0 Å². The molecular weight excluding hydrogens is 356 g/mol. The van der Waals surface area contributed by atoms with E-state index in [0.717, 1.165) is 16.5 Å². The monoisotopic (exact) mass is 378 g/mol. The van der Waals surface area contributed by atoms with Crippen molar-refractivity contribution >= 4 is 21.5 Å². The van der Waals surface area contributed by atoms with Gasteiger partial charge in [0.2, 0.25) is 0 Å². The first-order chi connectivity index (χ1) is 14.3. The quantitative estimate of drug-likeness (QED) is 0.367. The minimum absolute atomic E-state index is 0.323. The Morgan fingerprint density at radius 1 is 0.517 bits per heavy atom. The Morgan fingerprint density at radius 3 is 1.76 bits per heavy atom. The number of fused-ring (bicyclic) bond motifs is 2. The van der Waals surface area contributed by atoms with Gasteiger partial charge in [-0.1, -0.05) is 91.0 Å². The van der Waals surface area contributed by atoms with Crippen molar-refractivity contribution in [3.63, 3.8) is 0 Å². The summed E-state index contributed by atoms with van der Waals surface area (Å²) in [5.41, 5.74) is 1.19. The van der Waals surface area contributed by atoms with E-state index in [9.17, 15) is 0 Å². The van der Waals surface area contributed by atoms with E-state index in [1.54, 1.807) is 12.1 Å². The zero-order chi connectivity index (χ0) is 19.9. The third-order valence-corrected chi connectivity index (χ3v) is 4.70. The van der Waals surface area contributed by atoms with Gasteiger partial charge >= 0.3 is 0 Å². The Kier molecular flexibility index (Phi) is 5.73. The maximum absolute atomic E-state index is 9.13. The summed E-state index contributed by atoms with van der Waals surface area (Å²) in [7, 11) is 0. The van der Waals surface area contributed by atoms with Gasteiger partial charge in [-0.2, -0.15) is 0 Å². The fourth-order valence-corrected chi connectivity index (χ4v) is 3.17. The van der Waals surface area contributed by atoms with Crippen LogP contribution in [-0.2, 0) is 6.61 Å². The van der Waals surface area contributed by atoms with Crippen LogP contribution in [0.4, 0.5) is 0 Å². The smallest absolute Gasteiger partial charge is 0.120 e. The normalized spacial score (nSPS) is 10.3. The van der Waals surface area contributed by atoms with Gasteiger partial charge in [-0.3, -0.25) is 0 Å². The van der Waals surface area contributed by atoms with Crippen molar-refractivity contribution in [1.29, 1.82) is 0 Å². The van der Waals surface area contributed by atoms with Crippen molar-refractivity contribution in [2.45, 2.75) is 6.61 Å². The summed E-state index contributed by atoms with van der Waals surface area (Å²) in [6.45, 7) is 0.610. The van der Waals surface area contributed by atoms with E-state index >= 15 is 0 Å². The van der Waals surface area contributed by atoms with Gasteiger partial charge in [0.1, 0.15) is 18.1 Å². The van der Waals surface area contributed by atoms with Crippen molar-refractivity contribution in [2.75, 3.05) is 0 Å². The van der Waals surface area contributed by atoms with Crippen LogP contribution in [0, 0.1) is 0 Å². The second-order valence-corrected chi connectivity index (χ2v) is 6.81. The molecule has 0 spiro atoms. The first kappa shape index (κ1) is 18.6. The summed E-state index contributed by atoms with van der Waals surface area (Å²) in [6.07, 6.45) is 0. The molecule has 5 rings (SSSR count). The SMILES string of the molecule is Oc1ccc2ccccc2c1.c1ccc(COc2ccc3ccccc3c2)cc1. The van der Waals surface area contributed by atoms with Gasteiger partial charge < -0.3 is 9.84 Å². The van der Waals surface area contributed by atoms with E-state index in [4.69, 9.17) is 9.84 Å². The van der Waals surface area contributed by atoms with Crippen molar-refractivity contribution in [1.82, 2.24) is 0 Å². The summed E-state index contributed by atoms with van der Waals surface area (Å²) in [5, 5.41) is 13.8. The summed E-state index contributed by atoms with van der Waals surface area (Å²) < 4.78 is 5.80. The number of hydrogen-bond donors (Lipinski definition) is 1. The fourth-order valence-electron chi connectivity index (χ4n) is 3.17. The van der Waals surface area contributed by atoms with Gasteiger partial charge in [0.25, 0.3) is 0 Å². The van der Waals surface area contributed by atoms with E-state index in [2.05, 4.69) is 36.4 Å². The molecular formula is C27H22O2. The van der Waals surface area contributed by atoms with Gasteiger partial charge in [-0.05, 0) is 51.4 Å². The molecule has 0 unspecified atom stereocenters. The first-order valence-corrected chi connectivity index (χ1v) is 9.61. The molecule has 0 bridgehead atoms. The molecule has 0 heterocycles. The Morgan fingerprint density at radius 2 is 1.07 bits per heavy atom. The number of phenols is 1. The molecule has 142 valence electrons. The molecule has 0 aliphatic heterocycles. The van der Waals surface area contributed by atoms with E-state index in [1.807, 2.05) is 66.7 Å². The molecule has 0 saturated heterocycles. The predicted octanol–water partition coefficient (Wildman–Crippen LogP) is 6.96. The number of rotatable bonds is 3. The van der Waals surface area contributed by atoms with Crippen molar-refractivity contribution < 1.29 is 9.84 Å². The van der Waals surface area contributed by atoms with Crippen LogP contribution in [0.2, 0.25) is 0 Å². The van der Waals surface area contributed by atoms with Crippen molar-refractivity contribution in [2.24, 2.45) is 0 Å². The van der Waals surface area contributed by atoms with Gasteiger partial charge in [0.05, 0.1) is 0 Å². The van der Waals surface area contributed by atoms with E-state index < -0.39 is 0 Å². The third-order valence-electron chi connectivity index (χ3n) is 4.70.